The lowest BCUT2D eigenvalue weighted by Crippen LogP contribution is -2.61. The molecule has 0 radical (unpaired) electrons. The van der Waals surface area contributed by atoms with Crippen LogP contribution in [0.3, 0.4) is 0 Å². The number of aliphatic hydroxyl groups excluding tert-OH is 7. The molecule has 64 heavy (non-hydrogen) atoms. The maximum Gasteiger partial charge on any atom is 0.306 e. The van der Waals surface area contributed by atoms with Gasteiger partial charge in [0, 0.05) is 12.8 Å². The lowest BCUT2D eigenvalue weighted by molar-refractivity contribution is -0.332. The number of allylic oxidation sites excluding steroid dienone is 18. The van der Waals surface area contributed by atoms with Crippen LogP contribution >= 0.6 is 0 Å². The van der Waals surface area contributed by atoms with Gasteiger partial charge in [0.1, 0.15) is 55.4 Å². The van der Waals surface area contributed by atoms with Gasteiger partial charge in [-0.15, -0.1) is 0 Å². The van der Waals surface area contributed by atoms with Crippen molar-refractivity contribution in [3.8, 4) is 0 Å². The Balaban J connectivity index is 1.90. The van der Waals surface area contributed by atoms with E-state index in [-0.39, 0.29) is 19.4 Å². The van der Waals surface area contributed by atoms with E-state index in [1.165, 1.54) is 0 Å². The zero-order chi connectivity index (χ0) is 46.8. The van der Waals surface area contributed by atoms with Crippen LogP contribution in [0.25, 0.3) is 0 Å². The van der Waals surface area contributed by atoms with E-state index in [4.69, 9.17) is 28.4 Å². The van der Waals surface area contributed by atoms with E-state index in [9.17, 15) is 45.3 Å². The summed E-state index contributed by atoms with van der Waals surface area (Å²) in [6.07, 6.45) is 27.1. The first-order valence-corrected chi connectivity index (χ1v) is 22.6. The van der Waals surface area contributed by atoms with Crippen molar-refractivity contribution in [1.82, 2.24) is 0 Å². The molecule has 0 bridgehead atoms. The monoisotopic (exact) mass is 903 g/mol. The number of hydrogen-bond acceptors (Lipinski definition) is 15. The van der Waals surface area contributed by atoms with Gasteiger partial charge in [0.05, 0.1) is 19.8 Å². The lowest BCUT2D eigenvalue weighted by atomic mass is 9.98. The quantitative estimate of drug-likeness (QED) is 0.0281. The van der Waals surface area contributed by atoms with Gasteiger partial charge in [0.2, 0.25) is 0 Å². The number of carbonyl (C=O) groups is 2. The Kier molecular flexibility index (Phi) is 31.2. The minimum Gasteiger partial charge on any atom is -0.462 e. The van der Waals surface area contributed by atoms with Gasteiger partial charge in [-0.3, -0.25) is 9.59 Å². The third kappa shape index (κ3) is 23.9. The first-order chi connectivity index (χ1) is 31.0. The average Bonchev–Trinajstić information content (AvgIpc) is 3.29. The summed E-state index contributed by atoms with van der Waals surface area (Å²) in [6, 6.07) is 0. The molecule has 0 spiro atoms. The van der Waals surface area contributed by atoms with E-state index in [2.05, 4.69) is 38.2 Å². The van der Waals surface area contributed by atoms with Crippen LogP contribution < -0.4 is 0 Å². The number of hydrogen-bond donors (Lipinski definition) is 7. The summed E-state index contributed by atoms with van der Waals surface area (Å²) in [5.41, 5.74) is 0. The van der Waals surface area contributed by atoms with Crippen LogP contribution in [-0.4, -0.2) is 142 Å². The summed E-state index contributed by atoms with van der Waals surface area (Å²) < 4.78 is 33.3. The first kappa shape index (κ1) is 56.3. The standard InChI is InChI=1S/C49H74O15/c1-3-5-7-9-11-13-15-17-18-20-21-23-25-27-29-31-40(51)59-34-37(62-41(52)32-30-28-26-24-22-19-16-14-12-10-8-6-4-2)35-60-48-47(58)45(56)43(54)39(64-48)36-61-49-46(57)44(55)42(53)38(33-50)63-49/h5-22,37-39,42-50,53-58H,3-4,23-36H2,1-2H3/b7-5+,8-6+,11-9+,12-10+,15-13+,16-14+,18-17+,21-20+,22-19+/t37?,38-,39-,42+,43+,44?,45?,46?,47?,48-,49-/m1/s1. The molecule has 15 nitrogen and oxygen atoms in total. The molecule has 0 aromatic rings. The minimum atomic E-state index is -1.79. The Morgan fingerprint density at radius 1 is 0.500 bits per heavy atom. The molecule has 2 fully saturated rings. The van der Waals surface area contributed by atoms with Crippen LogP contribution in [0.1, 0.15) is 90.9 Å². The van der Waals surface area contributed by atoms with Crippen LogP contribution in [0.15, 0.2) is 109 Å². The van der Waals surface area contributed by atoms with Gasteiger partial charge in [0.15, 0.2) is 18.7 Å². The largest absolute Gasteiger partial charge is 0.462 e. The minimum absolute atomic E-state index is 0.101. The number of carbonyl (C=O) groups excluding carboxylic acids is 2. The molecule has 0 aliphatic carbocycles. The molecule has 5 unspecified atom stereocenters. The molecule has 11 atom stereocenters. The predicted molar refractivity (Wildman–Crippen MR) is 242 cm³/mol. The van der Waals surface area contributed by atoms with Gasteiger partial charge in [-0.2, -0.15) is 0 Å². The molecule has 0 aromatic heterocycles. The maximum absolute atomic E-state index is 12.9. The van der Waals surface area contributed by atoms with Crippen molar-refractivity contribution < 1.29 is 73.8 Å². The highest BCUT2D eigenvalue weighted by atomic mass is 16.7. The van der Waals surface area contributed by atoms with Crippen molar-refractivity contribution in [3.63, 3.8) is 0 Å². The van der Waals surface area contributed by atoms with E-state index in [0.717, 1.165) is 51.4 Å². The fraction of sp³-hybridized carbons (Fsp3) is 0.592. The number of unbranched alkanes of at least 4 members (excludes halogenated alkanes) is 6. The highest BCUT2D eigenvalue weighted by molar-refractivity contribution is 5.70. The molecule has 2 rings (SSSR count). The molecule has 2 aliphatic rings. The van der Waals surface area contributed by atoms with Gasteiger partial charge in [-0.25, -0.2) is 0 Å². The Hall–Kier alpha value is -3.84. The highest BCUT2D eigenvalue weighted by Crippen LogP contribution is 2.26. The van der Waals surface area contributed by atoms with E-state index >= 15 is 0 Å². The van der Waals surface area contributed by atoms with E-state index in [1.54, 1.807) is 0 Å². The molecule has 0 aromatic carbocycles. The van der Waals surface area contributed by atoms with Crippen molar-refractivity contribution in [1.29, 1.82) is 0 Å². The van der Waals surface area contributed by atoms with E-state index < -0.39 is 99.3 Å². The number of esters is 2. The van der Waals surface area contributed by atoms with Gasteiger partial charge in [-0.05, 0) is 51.4 Å². The molecule has 0 amide bonds. The third-order valence-corrected chi connectivity index (χ3v) is 9.97. The number of ether oxygens (including phenoxy) is 6. The van der Waals surface area contributed by atoms with Crippen molar-refractivity contribution in [2.24, 2.45) is 0 Å². The molecule has 2 saturated heterocycles. The molecule has 360 valence electrons. The molecular weight excluding hydrogens is 829 g/mol. The topological polar surface area (TPSA) is 231 Å². The highest BCUT2D eigenvalue weighted by Gasteiger charge is 2.47. The molecule has 15 heteroatoms. The second-order valence-corrected chi connectivity index (χ2v) is 15.3. The second-order valence-electron chi connectivity index (χ2n) is 15.3. The summed E-state index contributed by atoms with van der Waals surface area (Å²) in [4.78, 5) is 25.6. The summed E-state index contributed by atoms with van der Waals surface area (Å²) in [6.45, 7) is 2.15. The molecular formula is C49H74O15. The second kappa shape index (κ2) is 35.4. The average molecular weight is 903 g/mol. The summed E-state index contributed by atoms with van der Waals surface area (Å²) >= 11 is 0. The van der Waals surface area contributed by atoms with Crippen LogP contribution in [0.4, 0.5) is 0 Å². The maximum atomic E-state index is 12.9. The lowest BCUT2D eigenvalue weighted by Gasteiger charge is -2.42. The molecule has 2 aliphatic heterocycles. The Morgan fingerprint density at radius 3 is 1.44 bits per heavy atom. The first-order valence-electron chi connectivity index (χ1n) is 22.6. The van der Waals surface area contributed by atoms with Crippen molar-refractivity contribution in [2.45, 2.75) is 158 Å². The van der Waals surface area contributed by atoms with Crippen LogP contribution in [0, 0.1) is 0 Å². The smallest absolute Gasteiger partial charge is 0.306 e. The fourth-order valence-electron chi connectivity index (χ4n) is 6.24. The van der Waals surface area contributed by atoms with Gasteiger partial charge >= 0.3 is 11.9 Å². The van der Waals surface area contributed by atoms with Gasteiger partial charge in [-0.1, -0.05) is 136 Å². The molecule has 7 N–H and O–H groups in total. The van der Waals surface area contributed by atoms with Crippen LogP contribution in [0.2, 0.25) is 0 Å². The molecule has 2 heterocycles. The van der Waals surface area contributed by atoms with Crippen LogP contribution in [-0.2, 0) is 38.0 Å². The number of rotatable bonds is 31. The SMILES string of the molecule is CC/C=C/C=C/C=C/C=C/C=C/CCCCCC(=O)OCC(CO[C@@H]1O[C@H](CO[C@@H]2O[C@H](CO)[C@H](O)C(O)C2O)[C@H](O)C(O)C1O)OC(=O)CCCCC/C=C/C=C/C=C/C=C/CC. The number of aliphatic hydroxyl groups is 7. The van der Waals surface area contributed by atoms with Gasteiger partial charge in [0.25, 0.3) is 0 Å². The van der Waals surface area contributed by atoms with E-state index in [0.29, 0.717) is 12.8 Å². The summed E-state index contributed by atoms with van der Waals surface area (Å²) in [5, 5.41) is 71.9. The fourth-order valence-corrected chi connectivity index (χ4v) is 6.24. The van der Waals surface area contributed by atoms with Crippen molar-refractivity contribution in [2.75, 3.05) is 26.4 Å². The third-order valence-electron chi connectivity index (χ3n) is 9.97. The van der Waals surface area contributed by atoms with Gasteiger partial charge < -0.3 is 64.2 Å². The Morgan fingerprint density at radius 2 is 0.938 bits per heavy atom. The molecule has 0 saturated carbocycles. The van der Waals surface area contributed by atoms with Crippen molar-refractivity contribution >= 4 is 11.9 Å². The normalized spacial score (nSPS) is 27.6. The zero-order valence-electron chi connectivity index (χ0n) is 37.5. The van der Waals surface area contributed by atoms with Crippen LogP contribution in [0.5, 0.6) is 0 Å². The summed E-state index contributed by atoms with van der Waals surface area (Å²) in [5.74, 6) is -1.04. The van der Waals surface area contributed by atoms with E-state index in [1.807, 2.05) is 85.1 Å². The Bertz CT molecular complexity index is 1530. The summed E-state index contributed by atoms with van der Waals surface area (Å²) in [7, 11) is 0. The van der Waals surface area contributed by atoms with Crippen molar-refractivity contribution in [3.05, 3.63) is 109 Å². The predicted octanol–water partition coefficient (Wildman–Crippen LogP) is 4.81. The Labute approximate surface area is 379 Å². The zero-order valence-corrected chi connectivity index (χ0v) is 37.5.